The third-order valence-electron chi connectivity index (χ3n) is 5.23. The van der Waals surface area contributed by atoms with E-state index in [0.29, 0.717) is 40.5 Å². The summed E-state index contributed by atoms with van der Waals surface area (Å²) in [7, 11) is 0. The molecule has 0 spiro atoms. The highest BCUT2D eigenvalue weighted by molar-refractivity contribution is 5.99. The molecule has 0 saturated carbocycles. The quantitative estimate of drug-likeness (QED) is 0.506. The lowest BCUT2D eigenvalue weighted by molar-refractivity contribution is 0.120. The molecule has 0 radical (unpaired) electrons. The summed E-state index contributed by atoms with van der Waals surface area (Å²) in [6.45, 7) is 1.30. The van der Waals surface area contributed by atoms with E-state index < -0.39 is 11.6 Å². The van der Waals surface area contributed by atoms with E-state index in [4.69, 9.17) is 10.5 Å². The normalized spacial score (nSPS) is 16.1. The van der Waals surface area contributed by atoms with Crippen LogP contribution in [0.5, 0.6) is 0 Å². The van der Waals surface area contributed by atoms with Gasteiger partial charge in [-0.25, -0.2) is 18.4 Å². The largest absolute Gasteiger partial charge is 0.383 e. The Bertz CT molecular complexity index is 1250. The predicted molar refractivity (Wildman–Crippen MR) is 114 cm³/mol. The summed E-state index contributed by atoms with van der Waals surface area (Å²) in [6.07, 6.45) is 2.08. The molecule has 1 fully saturated rings. The van der Waals surface area contributed by atoms with Crippen molar-refractivity contribution in [1.29, 1.82) is 0 Å². The van der Waals surface area contributed by atoms with Crippen molar-refractivity contribution >= 4 is 22.8 Å². The number of ether oxygens (including phenoxy) is 1. The third kappa shape index (κ3) is 3.79. The first-order chi connectivity index (χ1) is 15.1. The molecule has 0 bridgehead atoms. The van der Waals surface area contributed by atoms with Crippen LogP contribution in [-0.4, -0.2) is 39.0 Å². The van der Waals surface area contributed by atoms with Gasteiger partial charge in [0.2, 0.25) is 5.95 Å². The minimum atomic E-state index is -0.410. The Balaban J connectivity index is 1.64. The van der Waals surface area contributed by atoms with Gasteiger partial charge in [0.05, 0.1) is 22.9 Å². The number of fused-ring (bicyclic) bond motifs is 1. The van der Waals surface area contributed by atoms with Crippen molar-refractivity contribution in [3.63, 3.8) is 0 Å². The molecule has 2 aromatic heterocycles. The number of aromatic nitrogens is 4. The van der Waals surface area contributed by atoms with E-state index in [1.165, 1.54) is 28.9 Å². The Hall–Kier alpha value is -3.59. The summed E-state index contributed by atoms with van der Waals surface area (Å²) in [4.78, 5) is 9.10. The van der Waals surface area contributed by atoms with Crippen molar-refractivity contribution in [3.05, 3.63) is 60.2 Å². The zero-order chi connectivity index (χ0) is 21.4. The van der Waals surface area contributed by atoms with Crippen LogP contribution in [-0.2, 0) is 4.74 Å². The molecule has 158 valence electrons. The fraction of sp³-hybridized carbons (Fsp3) is 0.227. The molecule has 7 nitrogen and oxygen atoms in total. The summed E-state index contributed by atoms with van der Waals surface area (Å²) >= 11 is 0. The lowest BCUT2D eigenvalue weighted by atomic mass is 10.1. The summed E-state index contributed by atoms with van der Waals surface area (Å²) in [5.74, 6) is -0.224. The molecule has 3 heterocycles. The molecule has 3 N–H and O–H groups in total. The van der Waals surface area contributed by atoms with Crippen LogP contribution in [0, 0.1) is 11.6 Å². The molecule has 0 unspecified atom stereocenters. The van der Waals surface area contributed by atoms with E-state index in [-0.39, 0.29) is 11.9 Å². The molecule has 0 amide bonds. The molecule has 5 rings (SSSR count). The van der Waals surface area contributed by atoms with Crippen molar-refractivity contribution in [3.8, 4) is 16.9 Å². The fourth-order valence-corrected chi connectivity index (χ4v) is 3.75. The van der Waals surface area contributed by atoms with E-state index >= 15 is 0 Å². The number of hydrogen-bond acceptors (Lipinski definition) is 6. The molecular weight excluding hydrogens is 402 g/mol. The Morgan fingerprint density at radius 3 is 2.65 bits per heavy atom. The molecule has 1 aliphatic rings. The zero-order valence-corrected chi connectivity index (χ0v) is 16.6. The number of rotatable bonds is 5. The standard InChI is InChI=1S/C22H20F2N6O/c23-14-5-1-4-13(10-14)19-18-20(25)30(16-7-2-6-15(24)11-16)29-21(18)28-22(27-19)26-12-17-8-3-9-31-17/h1-2,4-7,10-11,17H,3,8-9,12,25H2,(H,26,28,29)/t17-/m1/s1. The van der Waals surface area contributed by atoms with Crippen LogP contribution in [0.25, 0.3) is 28.0 Å². The SMILES string of the molecule is Nc1c2c(-c3cccc(F)c3)nc(NC[C@H]3CCCO3)nc2nn1-c1cccc(F)c1. The maximum atomic E-state index is 14.0. The summed E-state index contributed by atoms with van der Waals surface area (Å²) in [5, 5.41) is 8.14. The minimum absolute atomic E-state index is 0.0897. The summed E-state index contributed by atoms with van der Waals surface area (Å²) in [5.41, 5.74) is 8.15. The number of halogens is 2. The first-order valence-electron chi connectivity index (χ1n) is 10.0. The molecular formula is C22H20F2N6O. The maximum absolute atomic E-state index is 14.0. The van der Waals surface area contributed by atoms with Crippen LogP contribution in [0.1, 0.15) is 12.8 Å². The van der Waals surface area contributed by atoms with Crippen LogP contribution in [0.3, 0.4) is 0 Å². The van der Waals surface area contributed by atoms with Gasteiger partial charge in [0.15, 0.2) is 5.65 Å². The maximum Gasteiger partial charge on any atom is 0.225 e. The number of benzene rings is 2. The highest BCUT2D eigenvalue weighted by atomic mass is 19.1. The van der Waals surface area contributed by atoms with Gasteiger partial charge in [-0.2, -0.15) is 4.98 Å². The average molecular weight is 422 g/mol. The molecule has 1 aliphatic heterocycles. The number of nitrogens with one attached hydrogen (secondary N) is 1. The first kappa shape index (κ1) is 19.4. The van der Waals surface area contributed by atoms with E-state index in [9.17, 15) is 8.78 Å². The Labute approximate surface area is 176 Å². The minimum Gasteiger partial charge on any atom is -0.383 e. The van der Waals surface area contributed by atoms with E-state index in [1.54, 1.807) is 24.3 Å². The van der Waals surface area contributed by atoms with Gasteiger partial charge in [0.1, 0.15) is 17.5 Å². The van der Waals surface area contributed by atoms with Crippen LogP contribution in [0.2, 0.25) is 0 Å². The van der Waals surface area contributed by atoms with Crippen LogP contribution in [0.15, 0.2) is 48.5 Å². The predicted octanol–water partition coefficient (Wildman–Crippen LogP) is 3.93. The van der Waals surface area contributed by atoms with Crippen LogP contribution >= 0.6 is 0 Å². The van der Waals surface area contributed by atoms with Gasteiger partial charge >= 0.3 is 0 Å². The number of hydrogen-bond donors (Lipinski definition) is 2. The fourth-order valence-electron chi connectivity index (χ4n) is 3.75. The van der Waals surface area contributed by atoms with Crippen molar-refractivity contribution in [1.82, 2.24) is 19.7 Å². The van der Waals surface area contributed by atoms with E-state index in [0.717, 1.165) is 19.4 Å². The topological polar surface area (TPSA) is 90.9 Å². The second-order valence-electron chi connectivity index (χ2n) is 7.40. The lowest BCUT2D eigenvalue weighted by Gasteiger charge is -2.12. The molecule has 0 aliphatic carbocycles. The van der Waals surface area contributed by atoms with Crippen molar-refractivity contribution < 1.29 is 13.5 Å². The molecule has 9 heteroatoms. The number of anilines is 2. The van der Waals surface area contributed by atoms with Gasteiger partial charge < -0.3 is 15.8 Å². The smallest absolute Gasteiger partial charge is 0.225 e. The Morgan fingerprint density at radius 1 is 1.10 bits per heavy atom. The second-order valence-corrected chi connectivity index (χ2v) is 7.40. The van der Waals surface area contributed by atoms with Crippen molar-refractivity contribution in [2.75, 3.05) is 24.2 Å². The van der Waals surface area contributed by atoms with E-state index in [2.05, 4.69) is 20.4 Å². The summed E-state index contributed by atoms with van der Waals surface area (Å²) < 4.78 is 34.8. The van der Waals surface area contributed by atoms with Gasteiger partial charge in [0, 0.05) is 18.7 Å². The summed E-state index contributed by atoms with van der Waals surface area (Å²) in [6, 6.07) is 12.0. The zero-order valence-electron chi connectivity index (χ0n) is 16.6. The lowest BCUT2D eigenvalue weighted by Crippen LogP contribution is -2.19. The average Bonchev–Trinajstić information content (AvgIpc) is 3.40. The number of nitrogens with zero attached hydrogens (tertiary/aromatic N) is 4. The van der Waals surface area contributed by atoms with Gasteiger partial charge in [-0.15, -0.1) is 5.10 Å². The van der Waals surface area contributed by atoms with Gasteiger partial charge in [-0.1, -0.05) is 18.2 Å². The van der Waals surface area contributed by atoms with Crippen LogP contribution < -0.4 is 11.1 Å². The molecule has 4 aromatic rings. The third-order valence-corrected chi connectivity index (χ3v) is 5.23. The van der Waals surface area contributed by atoms with Crippen molar-refractivity contribution in [2.45, 2.75) is 18.9 Å². The number of nitrogen functional groups attached to an aromatic ring is 1. The Kier molecular flexibility index (Phi) is 4.95. The van der Waals surface area contributed by atoms with Gasteiger partial charge in [-0.05, 0) is 43.2 Å². The monoisotopic (exact) mass is 422 g/mol. The number of nitrogens with two attached hydrogens (primary N) is 1. The van der Waals surface area contributed by atoms with E-state index in [1.807, 2.05) is 0 Å². The first-order valence-corrected chi connectivity index (χ1v) is 10.0. The molecule has 1 saturated heterocycles. The van der Waals surface area contributed by atoms with Gasteiger partial charge in [0.25, 0.3) is 0 Å². The molecule has 1 atom stereocenters. The highest BCUT2D eigenvalue weighted by Crippen LogP contribution is 2.33. The molecule has 2 aromatic carbocycles. The highest BCUT2D eigenvalue weighted by Gasteiger charge is 2.21. The van der Waals surface area contributed by atoms with Crippen LogP contribution in [0.4, 0.5) is 20.5 Å². The second kappa shape index (κ2) is 7.92. The molecule has 31 heavy (non-hydrogen) atoms. The van der Waals surface area contributed by atoms with Crippen molar-refractivity contribution in [2.24, 2.45) is 0 Å². The van der Waals surface area contributed by atoms with Gasteiger partial charge in [-0.3, -0.25) is 0 Å². The Morgan fingerprint density at radius 2 is 1.90 bits per heavy atom.